The van der Waals surface area contributed by atoms with Gasteiger partial charge in [-0.05, 0) is 41.4 Å². The fourth-order valence-corrected chi connectivity index (χ4v) is 1.98. The van der Waals surface area contributed by atoms with Crippen molar-refractivity contribution in [2.24, 2.45) is 0 Å². The molecule has 0 aliphatic rings. The molecule has 0 bridgehead atoms. The molecule has 0 atom stereocenters. The van der Waals surface area contributed by atoms with Gasteiger partial charge in [-0.15, -0.1) is 11.6 Å². The van der Waals surface area contributed by atoms with E-state index in [9.17, 15) is 9.18 Å². The van der Waals surface area contributed by atoms with Crippen LogP contribution in [0.1, 0.15) is 23.7 Å². The van der Waals surface area contributed by atoms with E-state index in [0.29, 0.717) is 29.9 Å². The molecule has 0 saturated carbocycles. The number of rotatable bonds is 5. The van der Waals surface area contributed by atoms with Crippen LogP contribution in [0.15, 0.2) is 22.7 Å². The normalized spacial score (nSPS) is 10.4. The highest BCUT2D eigenvalue weighted by Gasteiger charge is 2.18. The molecule has 17 heavy (non-hydrogen) atoms. The fraction of sp³-hybridized carbons (Fsp3) is 0.417. The minimum absolute atomic E-state index is 0.0933. The Balaban J connectivity index is 2.90. The molecular weight excluding hydrogens is 308 g/mol. The summed E-state index contributed by atoms with van der Waals surface area (Å²) in [6.45, 7) is 2.95. The second-order valence-corrected chi connectivity index (χ2v) is 4.76. The van der Waals surface area contributed by atoms with Crippen LogP contribution in [0, 0.1) is 5.82 Å². The van der Waals surface area contributed by atoms with E-state index in [2.05, 4.69) is 15.9 Å². The predicted molar refractivity (Wildman–Crippen MR) is 71.0 cm³/mol. The van der Waals surface area contributed by atoms with Crippen LogP contribution in [0.3, 0.4) is 0 Å². The van der Waals surface area contributed by atoms with Gasteiger partial charge in [0.2, 0.25) is 0 Å². The smallest absolute Gasteiger partial charge is 0.256 e. The molecule has 1 aromatic carbocycles. The molecule has 0 radical (unpaired) electrons. The third-order valence-corrected chi connectivity index (χ3v) is 3.29. The molecule has 1 aromatic rings. The highest BCUT2D eigenvalue weighted by atomic mass is 79.9. The summed E-state index contributed by atoms with van der Waals surface area (Å²) in [5, 5.41) is 0. The summed E-state index contributed by atoms with van der Waals surface area (Å²) < 4.78 is 14.1. The highest BCUT2D eigenvalue weighted by molar-refractivity contribution is 9.10. The van der Waals surface area contributed by atoms with Crippen molar-refractivity contribution < 1.29 is 9.18 Å². The van der Waals surface area contributed by atoms with E-state index in [1.165, 1.54) is 6.07 Å². The van der Waals surface area contributed by atoms with Crippen LogP contribution in [-0.2, 0) is 0 Å². The van der Waals surface area contributed by atoms with Crippen molar-refractivity contribution in [2.75, 3.05) is 19.0 Å². The minimum atomic E-state index is -0.512. The Morgan fingerprint density at radius 1 is 1.53 bits per heavy atom. The number of amides is 1. The zero-order valence-electron chi connectivity index (χ0n) is 9.55. The van der Waals surface area contributed by atoms with Crippen molar-refractivity contribution in [3.8, 4) is 0 Å². The SMILES string of the molecule is CCN(CCCCl)C(=O)c1cccc(Br)c1F. The molecule has 0 aliphatic heterocycles. The van der Waals surface area contributed by atoms with Gasteiger partial charge in [-0.1, -0.05) is 6.07 Å². The number of halogens is 3. The highest BCUT2D eigenvalue weighted by Crippen LogP contribution is 2.20. The largest absolute Gasteiger partial charge is 0.339 e. The summed E-state index contributed by atoms with van der Waals surface area (Å²) >= 11 is 8.66. The Labute approximate surface area is 114 Å². The molecule has 0 N–H and O–H groups in total. The first-order valence-corrected chi connectivity index (χ1v) is 6.73. The Morgan fingerprint density at radius 2 is 2.24 bits per heavy atom. The molecule has 94 valence electrons. The maximum atomic E-state index is 13.8. The van der Waals surface area contributed by atoms with Gasteiger partial charge in [-0.25, -0.2) is 4.39 Å². The Morgan fingerprint density at radius 3 is 2.82 bits per heavy atom. The average molecular weight is 323 g/mol. The molecule has 0 spiro atoms. The number of hydrogen-bond acceptors (Lipinski definition) is 1. The summed E-state index contributed by atoms with van der Waals surface area (Å²) in [4.78, 5) is 13.7. The van der Waals surface area contributed by atoms with Gasteiger partial charge < -0.3 is 4.90 Å². The topological polar surface area (TPSA) is 20.3 Å². The van der Waals surface area contributed by atoms with Crippen LogP contribution >= 0.6 is 27.5 Å². The monoisotopic (exact) mass is 321 g/mol. The number of hydrogen-bond donors (Lipinski definition) is 0. The molecule has 0 unspecified atom stereocenters. The number of alkyl halides is 1. The second kappa shape index (κ2) is 6.97. The second-order valence-electron chi connectivity index (χ2n) is 3.53. The lowest BCUT2D eigenvalue weighted by Crippen LogP contribution is -2.32. The number of carbonyl (C=O) groups is 1. The summed E-state index contributed by atoms with van der Waals surface area (Å²) in [5.41, 5.74) is 0.0933. The summed E-state index contributed by atoms with van der Waals surface area (Å²) in [5.74, 6) is -0.316. The lowest BCUT2D eigenvalue weighted by Gasteiger charge is -2.20. The van der Waals surface area contributed by atoms with Crippen molar-refractivity contribution in [1.82, 2.24) is 4.90 Å². The van der Waals surface area contributed by atoms with Crippen LogP contribution in [0.5, 0.6) is 0 Å². The average Bonchev–Trinajstić information content (AvgIpc) is 2.33. The summed E-state index contributed by atoms with van der Waals surface area (Å²) in [6.07, 6.45) is 0.705. The molecule has 0 heterocycles. The van der Waals surface area contributed by atoms with E-state index >= 15 is 0 Å². The molecule has 1 amide bonds. The van der Waals surface area contributed by atoms with Gasteiger partial charge in [-0.2, -0.15) is 0 Å². The lowest BCUT2D eigenvalue weighted by atomic mass is 10.2. The van der Waals surface area contributed by atoms with Gasteiger partial charge in [0.05, 0.1) is 10.0 Å². The van der Waals surface area contributed by atoms with Crippen LogP contribution in [0.2, 0.25) is 0 Å². The van der Waals surface area contributed by atoms with Gasteiger partial charge >= 0.3 is 0 Å². The van der Waals surface area contributed by atoms with Crippen molar-refractivity contribution in [3.63, 3.8) is 0 Å². The predicted octanol–water partition coefficient (Wildman–Crippen LogP) is 3.68. The third kappa shape index (κ3) is 3.68. The molecular formula is C12H14BrClFNO. The number of nitrogens with zero attached hydrogens (tertiary/aromatic N) is 1. The van der Waals surface area contributed by atoms with Gasteiger partial charge in [0, 0.05) is 19.0 Å². The zero-order valence-corrected chi connectivity index (χ0v) is 11.9. The zero-order chi connectivity index (χ0) is 12.8. The number of carbonyl (C=O) groups excluding carboxylic acids is 1. The molecule has 5 heteroatoms. The maximum absolute atomic E-state index is 13.8. The van der Waals surface area contributed by atoms with Crippen molar-refractivity contribution in [3.05, 3.63) is 34.1 Å². The van der Waals surface area contributed by atoms with E-state index in [-0.39, 0.29) is 11.5 Å². The molecule has 2 nitrogen and oxygen atoms in total. The van der Waals surface area contributed by atoms with E-state index in [1.54, 1.807) is 17.0 Å². The van der Waals surface area contributed by atoms with Crippen molar-refractivity contribution in [2.45, 2.75) is 13.3 Å². The van der Waals surface area contributed by atoms with Crippen LogP contribution in [-0.4, -0.2) is 29.8 Å². The molecule has 0 saturated heterocycles. The van der Waals surface area contributed by atoms with E-state index in [4.69, 9.17) is 11.6 Å². The molecule has 0 fully saturated rings. The van der Waals surface area contributed by atoms with Gasteiger partial charge in [0.25, 0.3) is 5.91 Å². The van der Waals surface area contributed by atoms with Crippen molar-refractivity contribution in [1.29, 1.82) is 0 Å². The Kier molecular flexibility index (Phi) is 5.92. The third-order valence-electron chi connectivity index (χ3n) is 2.41. The maximum Gasteiger partial charge on any atom is 0.256 e. The van der Waals surface area contributed by atoms with Crippen molar-refractivity contribution >= 4 is 33.4 Å². The fourth-order valence-electron chi connectivity index (χ4n) is 1.49. The van der Waals surface area contributed by atoms with Crippen LogP contribution in [0.25, 0.3) is 0 Å². The van der Waals surface area contributed by atoms with E-state index in [1.807, 2.05) is 6.92 Å². The van der Waals surface area contributed by atoms with Gasteiger partial charge in [0.1, 0.15) is 5.82 Å². The Bertz CT molecular complexity index is 400. The first-order chi connectivity index (χ1) is 8.11. The lowest BCUT2D eigenvalue weighted by molar-refractivity contribution is 0.0760. The first kappa shape index (κ1) is 14.5. The minimum Gasteiger partial charge on any atom is -0.339 e. The molecule has 1 rings (SSSR count). The van der Waals surface area contributed by atoms with Crippen LogP contribution in [0.4, 0.5) is 4.39 Å². The number of benzene rings is 1. The first-order valence-electron chi connectivity index (χ1n) is 5.41. The van der Waals surface area contributed by atoms with E-state index in [0.717, 1.165) is 0 Å². The van der Waals surface area contributed by atoms with E-state index < -0.39 is 5.82 Å². The molecule has 0 aliphatic carbocycles. The summed E-state index contributed by atoms with van der Waals surface area (Å²) in [6, 6.07) is 4.71. The van der Waals surface area contributed by atoms with Gasteiger partial charge in [-0.3, -0.25) is 4.79 Å². The quantitative estimate of drug-likeness (QED) is 0.757. The summed E-state index contributed by atoms with van der Waals surface area (Å²) in [7, 11) is 0. The van der Waals surface area contributed by atoms with Gasteiger partial charge in [0.15, 0.2) is 0 Å². The molecule has 0 aromatic heterocycles. The standard InChI is InChI=1S/C12H14BrClFNO/c1-2-16(8-4-7-14)12(17)9-5-3-6-10(13)11(9)15/h3,5-6H,2,4,7-8H2,1H3. The van der Waals surface area contributed by atoms with Crippen LogP contribution < -0.4 is 0 Å². The Hall–Kier alpha value is -0.610.